The molecule has 0 aliphatic rings. The third kappa shape index (κ3) is 3.12. The van der Waals surface area contributed by atoms with Crippen LogP contribution >= 0.6 is 11.3 Å². The number of benzene rings is 1. The van der Waals surface area contributed by atoms with Crippen molar-refractivity contribution in [3.8, 4) is 0 Å². The molecule has 7 heteroatoms. The van der Waals surface area contributed by atoms with Gasteiger partial charge in [0.25, 0.3) is 5.91 Å². The molecule has 6 nitrogen and oxygen atoms in total. The predicted molar refractivity (Wildman–Crippen MR) is 99.2 cm³/mol. The van der Waals surface area contributed by atoms with Crippen molar-refractivity contribution in [3.63, 3.8) is 0 Å². The van der Waals surface area contributed by atoms with Crippen LogP contribution in [0.2, 0.25) is 0 Å². The van der Waals surface area contributed by atoms with E-state index in [1.807, 2.05) is 34.3 Å². The maximum absolute atomic E-state index is 12.6. The number of hydrogen-bond donors (Lipinski definition) is 1. The maximum atomic E-state index is 12.6. The molecule has 0 bridgehead atoms. The van der Waals surface area contributed by atoms with E-state index in [-0.39, 0.29) is 5.91 Å². The number of hydrogen-bond acceptors (Lipinski definition) is 4. The number of pyridine rings is 1. The summed E-state index contributed by atoms with van der Waals surface area (Å²) in [6, 6.07) is 11.0. The zero-order chi connectivity index (χ0) is 17.9. The van der Waals surface area contributed by atoms with Crippen molar-refractivity contribution in [1.29, 1.82) is 0 Å². The van der Waals surface area contributed by atoms with Crippen LogP contribution in [0.1, 0.15) is 26.3 Å². The van der Waals surface area contributed by atoms with E-state index in [0.717, 1.165) is 17.2 Å². The fourth-order valence-corrected chi connectivity index (χ4v) is 3.41. The molecular formula is C19H14N4O2S. The van der Waals surface area contributed by atoms with Gasteiger partial charge in [-0.3, -0.25) is 9.59 Å². The van der Waals surface area contributed by atoms with Gasteiger partial charge in [-0.05, 0) is 17.7 Å². The highest BCUT2D eigenvalue weighted by atomic mass is 32.1. The molecule has 1 aromatic carbocycles. The Hall–Kier alpha value is -3.32. The standard InChI is InChI=1S/C19H14N4O2S/c24-12-14-5-3-13(4-6-14)11-23-8-9-26-19(23)22-18(25)16-10-21-17-15(16)2-1-7-20-17/h1-10,12H,11H2,(H,20,21)/b22-19-. The molecule has 0 fully saturated rings. The number of rotatable bonds is 4. The topological polar surface area (TPSA) is 80.1 Å². The van der Waals surface area contributed by atoms with Gasteiger partial charge in [-0.2, -0.15) is 4.99 Å². The zero-order valence-electron chi connectivity index (χ0n) is 13.6. The van der Waals surface area contributed by atoms with Crippen LogP contribution in [0.25, 0.3) is 11.0 Å². The van der Waals surface area contributed by atoms with Gasteiger partial charge in [0.05, 0.1) is 5.56 Å². The summed E-state index contributed by atoms with van der Waals surface area (Å²) >= 11 is 1.40. The summed E-state index contributed by atoms with van der Waals surface area (Å²) in [5.74, 6) is -0.309. The molecule has 0 aliphatic carbocycles. The fraction of sp³-hybridized carbons (Fsp3) is 0.0526. The quantitative estimate of drug-likeness (QED) is 0.567. The number of nitrogens with zero attached hydrogens (tertiary/aromatic N) is 3. The predicted octanol–water partition coefficient (Wildman–Crippen LogP) is 3.03. The number of aromatic nitrogens is 3. The molecule has 3 aromatic heterocycles. The molecule has 0 saturated heterocycles. The summed E-state index contributed by atoms with van der Waals surface area (Å²) in [5.41, 5.74) is 2.83. The summed E-state index contributed by atoms with van der Waals surface area (Å²) in [6.07, 6.45) is 6.02. The summed E-state index contributed by atoms with van der Waals surface area (Å²) in [7, 11) is 0. The van der Waals surface area contributed by atoms with E-state index in [9.17, 15) is 9.59 Å². The first-order chi connectivity index (χ1) is 12.7. The average Bonchev–Trinajstić information content (AvgIpc) is 3.29. The summed E-state index contributed by atoms with van der Waals surface area (Å²) in [4.78, 5) is 35.4. The molecule has 0 atom stereocenters. The Labute approximate surface area is 152 Å². The van der Waals surface area contributed by atoms with Gasteiger partial charge in [0.2, 0.25) is 0 Å². The van der Waals surface area contributed by atoms with E-state index in [0.29, 0.717) is 28.1 Å². The Morgan fingerprint density at radius 1 is 1.27 bits per heavy atom. The number of thiazole rings is 1. The van der Waals surface area contributed by atoms with Gasteiger partial charge >= 0.3 is 0 Å². The van der Waals surface area contributed by atoms with Crippen molar-refractivity contribution in [2.75, 3.05) is 0 Å². The molecule has 0 saturated carbocycles. The number of aromatic amines is 1. The van der Waals surface area contributed by atoms with Gasteiger partial charge in [0.1, 0.15) is 11.9 Å². The number of carbonyl (C=O) groups excluding carboxylic acids is 2. The van der Waals surface area contributed by atoms with Gasteiger partial charge < -0.3 is 9.55 Å². The molecule has 3 heterocycles. The molecule has 4 rings (SSSR count). The number of H-pyrrole nitrogens is 1. The minimum atomic E-state index is -0.309. The summed E-state index contributed by atoms with van der Waals surface area (Å²) in [5, 5.41) is 2.65. The highest BCUT2D eigenvalue weighted by Gasteiger charge is 2.12. The SMILES string of the molecule is O=Cc1ccc(Cn2ccs/c2=N\C(=O)c2c[nH]c3ncccc23)cc1. The van der Waals surface area contributed by atoms with E-state index in [1.54, 1.807) is 30.6 Å². The van der Waals surface area contributed by atoms with E-state index < -0.39 is 0 Å². The number of aldehydes is 1. The Balaban J connectivity index is 1.65. The lowest BCUT2D eigenvalue weighted by Crippen LogP contribution is -2.17. The molecule has 128 valence electrons. The lowest BCUT2D eigenvalue weighted by molar-refractivity contribution is 0.0999. The highest BCUT2D eigenvalue weighted by molar-refractivity contribution is 7.07. The van der Waals surface area contributed by atoms with Crippen LogP contribution in [0.15, 0.2) is 65.4 Å². The Morgan fingerprint density at radius 2 is 2.12 bits per heavy atom. The Kier molecular flexibility index (Phi) is 4.28. The van der Waals surface area contributed by atoms with Crippen molar-refractivity contribution in [1.82, 2.24) is 14.5 Å². The molecule has 0 spiro atoms. The molecule has 0 unspecified atom stereocenters. The number of fused-ring (bicyclic) bond motifs is 1. The molecule has 0 radical (unpaired) electrons. The Morgan fingerprint density at radius 3 is 2.92 bits per heavy atom. The second kappa shape index (κ2) is 6.89. The van der Waals surface area contributed by atoms with Gasteiger partial charge in [-0.1, -0.05) is 24.3 Å². The van der Waals surface area contributed by atoms with Crippen LogP contribution in [0.5, 0.6) is 0 Å². The minimum absolute atomic E-state index is 0.309. The molecule has 1 N–H and O–H groups in total. The lowest BCUT2D eigenvalue weighted by atomic mass is 10.1. The second-order valence-corrected chi connectivity index (χ2v) is 6.56. The van der Waals surface area contributed by atoms with Crippen molar-refractivity contribution in [2.24, 2.45) is 4.99 Å². The average molecular weight is 362 g/mol. The van der Waals surface area contributed by atoms with Crippen LogP contribution in [0, 0.1) is 0 Å². The summed E-state index contributed by atoms with van der Waals surface area (Å²) < 4.78 is 1.91. The number of nitrogens with one attached hydrogen (secondary N) is 1. The van der Waals surface area contributed by atoms with Crippen LogP contribution in [-0.4, -0.2) is 26.7 Å². The van der Waals surface area contributed by atoms with Crippen molar-refractivity contribution < 1.29 is 9.59 Å². The second-order valence-electron chi connectivity index (χ2n) is 5.69. The van der Waals surface area contributed by atoms with E-state index >= 15 is 0 Å². The van der Waals surface area contributed by atoms with Gasteiger partial charge in [-0.15, -0.1) is 11.3 Å². The Bertz CT molecular complexity index is 1150. The van der Waals surface area contributed by atoms with Crippen molar-refractivity contribution >= 4 is 34.6 Å². The molecule has 0 aliphatic heterocycles. The maximum Gasteiger partial charge on any atom is 0.281 e. The van der Waals surface area contributed by atoms with Gasteiger partial charge in [0, 0.05) is 41.5 Å². The van der Waals surface area contributed by atoms with Gasteiger partial charge in [0.15, 0.2) is 4.80 Å². The number of amides is 1. The first kappa shape index (κ1) is 16.2. The van der Waals surface area contributed by atoms with Crippen LogP contribution in [0.4, 0.5) is 0 Å². The molecular weight excluding hydrogens is 348 g/mol. The van der Waals surface area contributed by atoms with E-state index in [2.05, 4.69) is 15.0 Å². The monoisotopic (exact) mass is 362 g/mol. The normalized spacial score (nSPS) is 11.8. The van der Waals surface area contributed by atoms with Crippen LogP contribution in [-0.2, 0) is 6.54 Å². The first-order valence-electron chi connectivity index (χ1n) is 7.94. The third-order valence-electron chi connectivity index (χ3n) is 4.01. The highest BCUT2D eigenvalue weighted by Crippen LogP contribution is 2.16. The summed E-state index contributed by atoms with van der Waals surface area (Å²) in [6.45, 7) is 0.574. The zero-order valence-corrected chi connectivity index (χ0v) is 14.4. The largest absolute Gasteiger partial charge is 0.345 e. The lowest BCUT2D eigenvalue weighted by Gasteiger charge is -2.03. The van der Waals surface area contributed by atoms with E-state index in [4.69, 9.17) is 0 Å². The van der Waals surface area contributed by atoms with Crippen molar-refractivity contribution in [3.05, 3.63) is 81.9 Å². The van der Waals surface area contributed by atoms with Crippen LogP contribution < -0.4 is 4.80 Å². The van der Waals surface area contributed by atoms with Gasteiger partial charge in [-0.25, -0.2) is 4.98 Å². The first-order valence-corrected chi connectivity index (χ1v) is 8.82. The van der Waals surface area contributed by atoms with Crippen LogP contribution in [0.3, 0.4) is 0 Å². The van der Waals surface area contributed by atoms with Crippen molar-refractivity contribution in [2.45, 2.75) is 6.54 Å². The van der Waals surface area contributed by atoms with E-state index in [1.165, 1.54) is 11.3 Å². The number of carbonyl (C=O) groups is 2. The molecule has 4 aromatic rings. The molecule has 1 amide bonds. The third-order valence-corrected chi connectivity index (χ3v) is 4.80. The smallest absolute Gasteiger partial charge is 0.281 e. The minimum Gasteiger partial charge on any atom is -0.345 e. The fourth-order valence-electron chi connectivity index (χ4n) is 2.69. The molecule has 26 heavy (non-hydrogen) atoms.